The number of hydrogen-bond acceptors (Lipinski definition) is 3. The van der Waals surface area contributed by atoms with Crippen molar-refractivity contribution >= 4 is 54.8 Å². The molecule has 0 bridgehead atoms. The Morgan fingerprint density at radius 3 is 2.83 bits per heavy atom. The van der Waals surface area contributed by atoms with E-state index >= 15 is 0 Å². The number of rotatable bonds is 3. The molecule has 4 nitrogen and oxygen atoms in total. The molecule has 0 unspecified atom stereocenters. The first-order valence-corrected chi connectivity index (χ1v) is 7.70. The Kier molecular flexibility index (Phi) is 4.24. The van der Waals surface area contributed by atoms with E-state index in [0.29, 0.717) is 5.56 Å². The monoisotopic (exact) mass is 391 g/mol. The van der Waals surface area contributed by atoms with Gasteiger partial charge in [0.1, 0.15) is 0 Å². The molecule has 96 valence electrons. The Morgan fingerprint density at radius 2 is 2.28 bits per heavy atom. The molecule has 1 amide bonds. The molecule has 0 radical (unpaired) electrons. The molecule has 0 spiro atoms. The molecule has 2 rings (SSSR count). The lowest BCUT2D eigenvalue weighted by molar-refractivity contribution is 0.102. The summed E-state index contributed by atoms with van der Waals surface area (Å²) in [6.45, 7) is 2.01. The smallest absolute Gasteiger partial charge is 0.257 e. The van der Waals surface area contributed by atoms with E-state index in [1.807, 2.05) is 20.2 Å². The summed E-state index contributed by atoms with van der Waals surface area (Å²) < 4.78 is 3.43. The first kappa shape index (κ1) is 13.8. The molecule has 0 aliphatic carbocycles. The van der Waals surface area contributed by atoms with Gasteiger partial charge in [-0.3, -0.25) is 9.48 Å². The van der Waals surface area contributed by atoms with Gasteiger partial charge in [0, 0.05) is 13.2 Å². The average molecular weight is 393 g/mol. The van der Waals surface area contributed by atoms with Gasteiger partial charge in [-0.2, -0.15) is 5.10 Å². The number of carbonyl (C=O) groups is 1. The van der Waals surface area contributed by atoms with Gasteiger partial charge in [0.15, 0.2) is 0 Å². The van der Waals surface area contributed by atoms with Crippen molar-refractivity contribution in [3.63, 3.8) is 0 Å². The molecular weight excluding hydrogens is 382 g/mol. The molecule has 0 fully saturated rings. The summed E-state index contributed by atoms with van der Waals surface area (Å²) >= 11 is 8.21. The number of aromatic nitrogens is 2. The number of amides is 1. The second-order valence-electron chi connectivity index (χ2n) is 3.71. The second-order valence-corrected chi connectivity index (χ2v) is 7.46. The van der Waals surface area contributed by atoms with Crippen molar-refractivity contribution in [1.29, 1.82) is 0 Å². The van der Waals surface area contributed by atoms with E-state index in [1.54, 1.807) is 10.7 Å². The zero-order valence-corrected chi connectivity index (χ0v) is 13.8. The summed E-state index contributed by atoms with van der Waals surface area (Å²) in [5, 5.41) is 7.17. The highest BCUT2D eigenvalue weighted by atomic mass is 79.9. The van der Waals surface area contributed by atoms with Crippen molar-refractivity contribution in [3.05, 3.63) is 31.1 Å². The predicted molar refractivity (Wildman–Crippen MR) is 80.3 cm³/mol. The van der Waals surface area contributed by atoms with Gasteiger partial charge in [-0.05, 0) is 44.3 Å². The summed E-state index contributed by atoms with van der Waals surface area (Å²) in [4.78, 5) is 12.1. The van der Waals surface area contributed by atoms with Crippen LogP contribution < -0.4 is 5.32 Å². The maximum atomic E-state index is 12.1. The first-order chi connectivity index (χ1) is 8.51. The molecule has 1 N–H and O–H groups in total. The lowest BCUT2D eigenvalue weighted by atomic mass is 10.2. The minimum atomic E-state index is -0.133. The van der Waals surface area contributed by atoms with Gasteiger partial charge in [-0.15, -0.1) is 11.3 Å². The first-order valence-electron chi connectivity index (χ1n) is 5.30. The number of aryl methyl sites for hydroxylation is 2. The van der Waals surface area contributed by atoms with E-state index < -0.39 is 0 Å². The van der Waals surface area contributed by atoms with Crippen LogP contribution >= 0.6 is 43.2 Å². The van der Waals surface area contributed by atoms with E-state index in [2.05, 4.69) is 42.3 Å². The molecule has 0 aliphatic rings. The standard InChI is InChI=1S/C11H11Br2N3OS/c1-3-7-8(5-16(2)15-7)14-11(17)6-4-9(12)18-10(6)13/h4-5H,3H2,1-2H3,(H,14,17). The topological polar surface area (TPSA) is 46.9 Å². The van der Waals surface area contributed by atoms with Gasteiger partial charge in [0.25, 0.3) is 5.91 Å². The maximum Gasteiger partial charge on any atom is 0.257 e. The molecule has 0 aromatic carbocycles. The van der Waals surface area contributed by atoms with Crippen LogP contribution in [0.2, 0.25) is 0 Å². The van der Waals surface area contributed by atoms with Crippen LogP contribution in [0.1, 0.15) is 23.0 Å². The third-order valence-corrected chi connectivity index (χ3v) is 4.73. The number of carbonyl (C=O) groups excluding carboxylic acids is 1. The number of halogens is 2. The summed E-state index contributed by atoms with van der Waals surface area (Å²) in [5.74, 6) is -0.133. The Morgan fingerprint density at radius 1 is 1.56 bits per heavy atom. The lowest BCUT2D eigenvalue weighted by Gasteiger charge is -2.02. The van der Waals surface area contributed by atoms with E-state index in [0.717, 1.165) is 25.4 Å². The highest BCUT2D eigenvalue weighted by Gasteiger charge is 2.16. The predicted octanol–water partition coefficient (Wildman–Crippen LogP) is 3.82. The van der Waals surface area contributed by atoms with Gasteiger partial charge in [-0.25, -0.2) is 0 Å². The van der Waals surface area contributed by atoms with Crippen molar-refractivity contribution in [3.8, 4) is 0 Å². The van der Waals surface area contributed by atoms with Gasteiger partial charge in [0.2, 0.25) is 0 Å². The van der Waals surface area contributed by atoms with Gasteiger partial charge >= 0.3 is 0 Å². The van der Waals surface area contributed by atoms with Crippen LogP contribution in [0.5, 0.6) is 0 Å². The molecule has 0 aliphatic heterocycles. The Hall–Kier alpha value is -0.660. The van der Waals surface area contributed by atoms with Gasteiger partial charge in [0.05, 0.1) is 24.5 Å². The molecule has 18 heavy (non-hydrogen) atoms. The van der Waals surface area contributed by atoms with Crippen molar-refractivity contribution in [2.45, 2.75) is 13.3 Å². The highest BCUT2D eigenvalue weighted by molar-refractivity contribution is 9.12. The fourth-order valence-electron chi connectivity index (χ4n) is 1.58. The highest BCUT2D eigenvalue weighted by Crippen LogP contribution is 2.32. The summed E-state index contributed by atoms with van der Waals surface area (Å²) in [6.07, 6.45) is 2.59. The van der Waals surface area contributed by atoms with Crippen LogP contribution in [-0.2, 0) is 13.5 Å². The summed E-state index contributed by atoms with van der Waals surface area (Å²) in [7, 11) is 1.84. The minimum Gasteiger partial charge on any atom is -0.319 e. The molecule has 2 aromatic heterocycles. The van der Waals surface area contributed by atoms with Crippen LogP contribution in [0.15, 0.2) is 19.8 Å². The van der Waals surface area contributed by atoms with Crippen LogP contribution in [0.25, 0.3) is 0 Å². The van der Waals surface area contributed by atoms with E-state index in [9.17, 15) is 4.79 Å². The number of nitrogens with zero attached hydrogens (tertiary/aromatic N) is 2. The van der Waals surface area contributed by atoms with Gasteiger partial charge in [-0.1, -0.05) is 6.92 Å². The quantitative estimate of drug-likeness (QED) is 0.862. The zero-order valence-electron chi connectivity index (χ0n) is 9.83. The molecule has 7 heteroatoms. The average Bonchev–Trinajstić information content (AvgIpc) is 2.81. The van der Waals surface area contributed by atoms with Gasteiger partial charge < -0.3 is 5.32 Å². The number of nitrogens with one attached hydrogen (secondary N) is 1. The Labute approximate surface area is 126 Å². The summed E-state index contributed by atoms with van der Waals surface area (Å²) in [5.41, 5.74) is 2.27. The number of thiophene rings is 1. The molecule has 2 aromatic rings. The van der Waals surface area contributed by atoms with Crippen LogP contribution in [0.4, 0.5) is 5.69 Å². The molecule has 0 saturated carbocycles. The Balaban J connectivity index is 2.23. The minimum absolute atomic E-state index is 0.133. The zero-order chi connectivity index (χ0) is 13.3. The van der Waals surface area contributed by atoms with Crippen molar-refractivity contribution < 1.29 is 4.79 Å². The van der Waals surface area contributed by atoms with Crippen LogP contribution in [0.3, 0.4) is 0 Å². The molecule has 0 atom stereocenters. The summed E-state index contributed by atoms with van der Waals surface area (Å²) in [6, 6.07) is 1.80. The number of hydrogen-bond donors (Lipinski definition) is 1. The molecular formula is C11H11Br2N3OS. The van der Waals surface area contributed by atoms with E-state index in [1.165, 1.54) is 11.3 Å². The fourth-order valence-corrected chi connectivity index (χ4v) is 4.38. The fraction of sp³-hybridized carbons (Fsp3) is 0.273. The molecule has 0 saturated heterocycles. The van der Waals surface area contributed by atoms with E-state index in [-0.39, 0.29) is 5.91 Å². The van der Waals surface area contributed by atoms with Crippen molar-refractivity contribution in [2.24, 2.45) is 7.05 Å². The van der Waals surface area contributed by atoms with E-state index in [4.69, 9.17) is 0 Å². The van der Waals surface area contributed by atoms with Crippen LogP contribution in [0, 0.1) is 0 Å². The normalized spacial score (nSPS) is 10.7. The van der Waals surface area contributed by atoms with Crippen LogP contribution in [-0.4, -0.2) is 15.7 Å². The largest absolute Gasteiger partial charge is 0.319 e. The molecule has 2 heterocycles. The third kappa shape index (κ3) is 2.84. The SMILES string of the molecule is CCc1nn(C)cc1NC(=O)c1cc(Br)sc1Br. The lowest BCUT2D eigenvalue weighted by Crippen LogP contribution is -2.12. The maximum absolute atomic E-state index is 12.1. The Bertz CT molecular complexity index is 591. The second kappa shape index (κ2) is 5.54. The van der Waals surface area contributed by atoms with Crippen molar-refractivity contribution in [2.75, 3.05) is 5.32 Å². The third-order valence-electron chi connectivity index (χ3n) is 2.39. The number of anilines is 1. The van der Waals surface area contributed by atoms with Crippen molar-refractivity contribution in [1.82, 2.24) is 9.78 Å².